The van der Waals surface area contributed by atoms with Gasteiger partial charge >= 0.3 is 0 Å². The van der Waals surface area contributed by atoms with Crippen molar-refractivity contribution in [2.24, 2.45) is 0 Å². The Morgan fingerprint density at radius 3 is 2.88 bits per heavy atom. The largest absolute Gasteiger partial charge is 0.365 e. The van der Waals surface area contributed by atoms with Crippen molar-refractivity contribution in [1.82, 2.24) is 15.0 Å². The first-order chi connectivity index (χ1) is 7.88. The molecule has 0 spiro atoms. The molecule has 0 fully saturated rings. The number of aryl methyl sites for hydroxylation is 1. The minimum absolute atomic E-state index is 0.718. The van der Waals surface area contributed by atoms with E-state index in [1.165, 1.54) is 0 Å². The molecular formula is C12H14N4. The van der Waals surface area contributed by atoms with Gasteiger partial charge in [0.1, 0.15) is 5.82 Å². The second-order valence-corrected chi connectivity index (χ2v) is 3.46. The summed E-state index contributed by atoms with van der Waals surface area (Å²) in [6, 6.07) is 3.95. The van der Waals surface area contributed by atoms with Gasteiger partial charge in [0.2, 0.25) is 0 Å². The predicted molar refractivity (Wildman–Crippen MR) is 63.0 cm³/mol. The lowest BCUT2D eigenvalue weighted by Crippen LogP contribution is -2.03. The Balaban J connectivity index is 1.99. The molecule has 2 rings (SSSR count). The molecule has 0 radical (unpaired) electrons. The average molecular weight is 214 g/mol. The van der Waals surface area contributed by atoms with Crippen molar-refractivity contribution in [3.63, 3.8) is 0 Å². The number of hydrogen-bond acceptors (Lipinski definition) is 4. The number of anilines is 1. The molecule has 0 atom stereocenters. The van der Waals surface area contributed by atoms with Gasteiger partial charge in [-0.05, 0) is 18.1 Å². The van der Waals surface area contributed by atoms with E-state index in [4.69, 9.17) is 0 Å². The van der Waals surface area contributed by atoms with Crippen LogP contribution in [-0.2, 0) is 13.0 Å². The van der Waals surface area contributed by atoms with Crippen molar-refractivity contribution >= 4 is 5.82 Å². The lowest BCUT2D eigenvalue weighted by Gasteiger charge is -2.05. The predicted octanol–water partition coefficient (Wildman–Crippen LogP) is 2.05. The van der Waals surface area contributed by atoms with E-state index in [9.17, 15) is 0 Å². The van der Waals surface area contributed by atoms with Crippen molar-refractivity contribution in [3.8, 4) is 0 Å². The van der Waals surface area contributed by atoms with Crippen LogP contribution < -0.4 is 5.32 Å². The maximum Gasteiger partial charge on any atom is 0.145 e. The van der Waals surface area contributed by atoms with E-state index in [0.717, 1.165) is 30.0 Å². The molecule has 2 aromatic heterocycles. The fourth-order valence-electron chi connectivity index (χ4n) is 1.36. The summed E-state index contributed by atoms with van der Waals surface area (Å²) in [5, 5.41) is 3.22. The summed E-state index contributed by atoms with van der Waals surface area (Å²) in [6.07, 6.45) is 8.02. The Kier molecular flexibility index (Phi) is 3.43. The average Bonchev–Trinajstić information content (AvgIpc) is 2.38. The van der Waals surface area contributed by atoms with E-state index in [-0.39, 0.29) is 0 Å². The molecule has 0 aromatic carbocycles. The highest BCUT2D eigenvalue weighted by Crippen LogP contribution is 2.05. The summed E-state index contributed by atoms with van der Waals surface area (Å²) >= 11 is 0. The molecule has 0 aliphatic rings. The summed E-state index contributed by atoms with van der Waals surface area (Å²) in [6.45, 7) is 2.78. The van der Waals surface area contributed by atoms with E-state index in [1.807, 2.05) is 18.3 Å². The number of rotatable bonds is 4. The summed E-state index contributed by atoms with van der Waals surface area (Å²) in [5.74, 6) is 0.809. The lowest BCUT2D eigenvalue weighted by atomic mass is 10.3. The first-order valence-electron chi connectivity index (χ1n) is 5.32. The molecule has 0 bridgehead atoms. The zero-order chi connectivity index (χ0) is 11.2. The monoisotopic (exact) mass is 214 g/mol. The van der Waals surface area contributed by atoms with Gasteiger partial charge in [0.25, 0.3) is 0 Å². The van der Waals surface area contributed by atoms with Crippen LogP contribution in [-0.4, -0.2) is 15.0 Å². The fourth-order valence-corrected chi connectivity index (χ4v) is 1.36. The van der Waals surface area contributed by atoms with E-state index >= 15 is 0 Å². The maximum atomic E-state index is 4.41. The van der Waals surface area contributed by atoms with Crippen LogP contribution in [0.1, 0.15) is 18.2 Å². The zero-order valence-corrected chi connectivity index (χ0v) is 9.22. The Bertz CT molecular complexity index is 442. The number of nitrogens with one attached hydrogen (secondary N) is 1. The van der Waals surface area contributed by atoms with Crippen LogP contribution in [0.15, 0.2) is 36.9 Å². The standard InChI is InChI=1S/C12H14N4/c1-2-11-8-14-9-12(16-11)15-7-10-4-3-5-13-6-10/h3-6,8-9H,2,7H2,1H3,(H,15,16). The van der Waals surface area contributed by atoms with E-state index < -0.39 is 0 Å². The Labute approximate surface area is 94.8 Å². The van der Waals surface area contributed by atoms with Gasteiger partial charge in [-0.1, -0.05) is 13.0 Å². The van der Waals surface area contributed by atoms with Gasteiger partial charge in [-0.15, -0.1) is 0 Å². The molecule has 0 amide bonds. The minimum Gasteiger partial charge on any atom is -0.365 e. The molecule has 4 heteroatoms. The molecule has 0 unspecified atom stereocenters. The van der Waals surface area contributed by atoms with Gasteiger partial charge in [-0.2, -0.15) is 0 Å². The van der Waals surface area contributed by atoms with Crippen LogP contribution in [0, 0.1) is 0 Å². The van der Waals surface area contributed by atoms with Gasteiger partial charge in [0.15, 0.2) is 0 Å². The van der Waals surface area contributed by atoms with Gasteiger partial charge in [0, 0.05) is 25.1 Å². The summed E-state index contributed by atoms with van der Waals surface area (Å²) in [5.41, 5.74) is 2.13. The second kappa shape index (κ2) is 5.21. The Morgan fingerprint density at radius 2 is 2.12 bits per heavy atom. The first kappa shape index (κ1) is 10.5. The van der Waals surface area contributed by atoms with E-state index in [1.54, 1.807) is 18.6 Å². The normalized spacial score (nSPS) is 10.1. The maximum absolute atomic E-state index is 4.41. The molecule has 2 heterocycles. The quantitative estimate of drug-likeness (QED) is 0.846. The van der Waals surface area contributed by atoms with Crippen LogP contribution in [0.2, 0.25) is 0 Å². The smallest absolute Gasteiger partial charge is 0.145 e. The SMILES string of the molecule is CCc1cncc(NCc2cccnc2)n1. The molecule has 0 saturated heterocycles. The second-order valence-electron chi connectivity index (χ2n) is 3.46. The minimum atomic E-state index is 0.718. The molecule has 4 nitrogen and oxygen atoms in total. The van der Waals surface area contributed by atoms with E-state index in [0.29, 0.717) is 0 Å². The topological polar surface area (TPSA) is 50.7 Å². The molecular weight excluding hydrogens is 200 g/mol. The third kappa shape index (κ3) is 2.76. The highest BCUT2D eigenvalue weighted by atomic mass is 15.0. The highest BCUT2D eigenvalue weighted by molar-refractivity contribution is 5.33. The lowest BCUT2D eigenvalue weighted by molar-refractivity contribution is 0.981. The Hall–Kier alpha value is -1.97. The fraction of sp³-hybridized carbons (Fsp3) is 0.250. The summed E-state index contributed by atoms with van der Waals surface area (Å²) in [7, 11) is 0. The number of aromatic nitrogens is 3. The van der Waals surface area contributed by atoms with Crippen LogP contribution in [0.4, 0.5) is 5.82 Å². The van der Waals surface area contributed by atoms with Crippen molar-refractivity contribution in [2.75, 3.05) is 5.32 Å². The third-order valence-electron chi connectivity index (χ3n) is 2.24. The number of pyridine rings is 1. The van der Waals surface area contributed by atoms with Crippen molar-refractivity contribution in [1.29, 1.82) is 0 Å². The molecule has 16 heavy (non-hydrogen) atoms. The molecule has 0 aliphatic carbocycles. The van der Waals surface area contributed by atoms with Crippen LogP contribution in [0.5, 0.6) is 0 Å². The van der Waals surface area contributed by atoms with Crippen LogP contribution in [0.3, 0.4) is 0 Å². The first-order valence-corrected chi connectivity index (χ1v) is 5.32. The van der Waals surface area contributed by atoms with Gasteiger partial charge in [0.05, 0.1) is 11.9 Å². The summed E-state index contributed by atoms with van der Waals surface area (Å²) in [4.78, 5) is 12.6. The third-order valence-corrected chi connectivity index (χ3v) is 2.24. The molecule has 82 valence electrons. The molecule has 0 saturated carbocycles. The summed E-state index contributed by atoms with van der Waals surface area (Å²) < 4.78 is 0. The van der Waals surface area contributed by atoms with Gasteiger partial charge in [-0.25, -0.2) is 4.98 Å². The molecule has 1 N–H and O–H groups in total. The number of nitrogens with zero attached hydrogens (tertiary/aromatic N) is 3. The van der Waals surface area contributed by atoms with Crippen LogP contribution in [0.25, 0.3) is 0 Å². The molecule has 2 aromatic rings. The number of hydrogen-bond donors (Lipinski definition) is 1. The van der Waals surface area contributed by atoms with Crippen molar-refractivity contribution in [2.45, 2.75) is 19.9 Å². The van der Waals surface area contributed by atoms with Crippen molar-refractivity contribution < 1.29 is 0 Å². The van der Waals surface area contributed by atoms with Crippen molar-refractivity contribution in [3.05, 3.63) is 48.2 Å². The molecule has 0 aliphatic heterocycles. The van der Waals surface area contributed by atoms with Crippen LogP contribution >= 0.6 is 0 Å². The van der Waals surface area contributed by atoms with E-state index in [2.05, 4.69) is 27.2 Å². The van der Waals surface area contributed by atoms with Gasteiger partial charge < -0.3 is 5.32 Å². The van der Waals surface area contributed by atoms with Gasteiger partial charge in [-0.3, -0.25) is 9.97 Å². The Morgan fingerprint density at radius 1 is 1.19 bits per heavy atom. The highest BCUT2D eigenvalue weighted by Gasteiger charge is 1.97. The zero-order valence-electron chi connectivity index (χ0n) is 9.22.